The van der Waals surface area contributed by atoms with Crippen LogP contribution in [0.4, 0.5) is 0 Å². The van der Waals surface area contributed by atoms with Crippen molar-refractivity contribution >= 4 is 0 Å². The molecular weight excluding hydrogens is 202 g/mol. The molecule has 1 aromatic rings. The summed E-state index contributed by atoms with van der Waals surface area (Å²) in [5, 5.41) is 0. The Labute approximate surface area is 97.6 Å². The maximum Gasteiger partial charge on any atom is 0.127 e. The summed E-state index contributed by atoms with van der Waals surface area (Å²) in [4.78, 5) is 0. The van der Waals surface area contributed by atoms with Crippen LogP contribution in [0, 0.1) is 0 Å². The highest BCUT2D eigenvalue weighted by Crippen LogP contribution is 2.30. The van der Waals surface area contributed by atoms with E-state index in [1.807, 2.05) is 32.0 Å². The van der Waals surface area contributed by atoms with Gasteiger partial charge in [0.25, 0.3) is 0 Å². The van der Waals surface area contributed by atoms with Gasteiger partial charge in [-0.2, -0.15) is 0 Å². The Morgan fingerprint density at radius 3 is 2.38 bits per heavy atom. The molecule has 3 nitrogen and oxygen atoms in total. The molecule has 0 saturated heterocycles. The second-order valence-electron chi connectivity index (χ2n) is 3.58. The number of hydrogen-bond acceptors (Lipinski definition) is 3. The normalized spacial score (nSPS) is 12.2. The molecule has 0 amide bonds. The molecule has 0 heterocycles. The van der Waals surface area contributed by atoms with Crippen LogP contribution >= 0.6 is 0 Å². The number of benzene rings is 1. The fourth-order valence-electron chi connectivity index (χ4n) is 1.58. The summed E-state index contributed by atoms with van der Waals surface area (Å²) in [5.41, 5.74) is 7.08. The van der Waals surface area contributed by atoms with E-state index in [1.54, 1.807) is 0 Å². The fourth-order valence-corrected chi connectivity index (χ4v) is 1.58. The zero-order valence-corrected chi connectivity index (χ0v) is 10.3. The van der Waals surface area contributed by atoms with Gasteiger partial charge in [-0.1, -0.05) is 13.0 Å². The first-order valence-electron chi connectivity index (χ1n) is 5.88. The van der Waals surface area contributed by atoms with Crippen molar-refractivity contribution in [2.45, 2.75) is 33.2 Å². The highest BCUT2D eigenvalue weighted by atomic mass is 16.5. The van der Waals surface area contributed by atoms with Crippen molar-refractivity contribution in [1.82, 2.24) is 0 Å². The minimum Gasteiger partial charge on any atom is -0.494 e. The van der Waals surface area contributed by atoms with Gasteiger partial charge in [-0.15, -0.1) is 0 Å². The fraction of sp³-hybridized carbons (Fsp3) is 0.538. The van der Waals surface area contributed by atoms with E-state index >= 15 is 0 Å². The van der Waals surface area contributed by atoms with Crippen LogP contribution in [0.1, 0.15) is 38.8 Å². The summed E-state index contributed by atoms with van der Waals surface area (Å²) >= 11 is 0. The van der Waals surface area contributed by atoms with Crippen molar-refractivity contribution in [2.24, 2.45) is 5.73 Å². The van der Waals surface area contributed by atoms with E-state index in [1.165, 1.54) is 0 Å². The Kier molecular flexibility index (Phi) is 5.12. The second kappa shape index (κ2) is 6.38. The molecule has 90 valence electrons. The molecule has 0 aliphatic heterocycles. The first-order valence-corrected chi connectivity index (χ1v) is 5.88. The number of hydrogen-bond donors (Lipinski definition) is 1. The Hall–Kier alpha value is -1.22. The van der Waals surface area contributed by atoms with Gasteiger partial charge in [0, 0.05) is 17.7 Å². The van der Waals surface area contributed by atoms with E-state index in [2.05, 4.69) is 6.92 Å². The summed E-state index contributed by atoms with van der Waals surface area (Å²) < 4.78 is 11.0. The van der Waals surface area contributed by atoms with Crippen LogP contribution in [0.3, 0.4) is 0 Å². The minimum absolute atomic E-state index is 0.0252. The Balaban J connectivity index is 2.98. The van der Waals surface area contributed by atoms with Gasteiger partial charge in [0.1, 0.15) is 11.5 Å². The van der Waals surface area contributed by atoms with Crippen LogP contribution in [0.25, 0.3) is 0 Å². The third-order valence-electron chi connectivity index (χ3n) is 2.44. The number of ether oxygens (including phenoxy) is 2. The SMILES string of the molecule is CCOc1ccc(C(N)CC)c(OCC)c1. The third kappa shape index (κ3) is 3.14. The average molecular weight is 223 g/mol. The molecule has 3 heteroatoms. The molecule has 1 rings (SSSR count). The van der Waals surface area contributed by atoms with Crippen LogP contribution in [-0.4, -0.2) is 13.2 Å². The van der Waals surface area contributed by atoms with Crippen molar-refractivity contribution in [1.29, 1.82) is 0 Å². The van der Waals surface area contributed by atoms with Gasteiger partial charge >= 0.3 is 0 Å². The largest absolute Gasteiger partial charge is 0.494 e. The predicted molar refractivity (Wildman–Crippen MR) is 66.0 cm³/mol. The number of nitrogens with two attached hydrogens (primary N) is 1. The van der Waals surface area contributed by atoms with Gasteiger partial charge < -0.3 is 15.2 Å². The molecule has 1 aromatic carbocycles. The lowest BCUT2D eigenvalue weighted by atomic mass is 10.0. The molecule has 1 atom stereocenters. The second-order valence-corrected chi connectivity index (χ2v) is 3.58. The van der Waals surface area contributed by atoms with E-state index < -0.39 is 0 Å². The summed E-state index contributed by atoms with van der Waals surface area (Å²) in [6.07, 6.45) is 0.897. The van der Waals surface area contributed by atoms with E-state index in [4.69, 9.17) is 15.2 Å². The monoisotopic (exact) mass is 223 g/mol. The van der Waals surface area contributed by atoms with Gasteiger partial charge in [-0.25, -0.2) is 0 Å². The van der Waals surface area contributed by atoms with Gasteiger partial charge in [0.15, 0.2) is 0 Å². The van der Waals surface area contributed by atoms with Crippen molar-refractivity contribution < 1.29 is 9.47 Å². The maximum atomic E-state index is 6.03. The zero-order valence-electron chi connectivity index (χ0n) is 10.3. The van der Waals surface area contributed by atoms with Crippen LogP contribution in [0.15, 0.2) is 18.2 Å². The molecule has 0 spiro atoms. The quantitative estimate of drug-likeness (QED) is 0.806. The van der Waals surface area contributed by atoms with Crippen LogP contribution in [0.5, 0.6) is 11.5 Å². The van der Waals surface area contributed by atoms with Crippen LogP contribution in [-0.2, 0) is 0 Å². The molecule has 0 aliphatic rings. The maximum absolute atomic E-state index is 6.03. The van der Waals surface area contributed by atoms with Crippen LogP contribution < -0.4 is 15.2 Å². The summed E-state index contributed by atoms with van der Waals surface area (Å²) in [6, 6.07) is 5.87. The zero-order chi connectivity index (χ0) is 12.0. The smallest absolute Gasteiger partial charge is 0.127 e. The van der Waals surface area contributed by atoms with E-state index in [-0.39, 0.29) is 6.04 Å². The lowest BCUT2D eigenvalue weighted by Gasteiger charge is -2.16. The molecule has 0 saturated carbocycles. The Morgan fingerprint density at radius 2 is 1.81 bits per heavy atom. The lowest BCUT2D eigenvalue weighted by molar-refractivity contribution is 0.319. The molecular formula is C13H21NO2. The van der Waals surface area contributed by atoms with E-state index in [9.17, 15) is 0 Å². The van der Waals surface area contributed by atoms with Gasteiger partial charge in [0.05, 0.1) is 13.2 Å². The molecule has 16 heavy (non-hydrogen) atoms. The first-order chi connectivity index (χ1) is 7.72. The van der Waals surface area contributed by atoms with Crippen molar-refractivity contribution in [3.8, 4) is 11.5 Å². The van der Waals surface area contributed by atoms with Gasteiger partial charge in [-0.3, -0.25) is 0 Å². The first kappa shape index (κ1) is 12.8. The minimum atomic E-state index is 0.0252. The predicted octanol–water partition coefficient (Wildman–Crippen LogP) is 2.89. The number of rotatable bonds is 6. The van der Waals surface area contributed by atoms with Crippen molar-refractivity contribution in [3.63, 3.8) is 0 Å². The van der Waals surface area contributed by atoms with E-state index in [0.29, 0.717) is 13.2 Å². The molecule has 0 bridgehead atoms. The molecule has 0 fully saturated rings. The third-order valence-corrected chi connectivity index (χ3v) is 2.44. The summed E-state index contributed by atoms with van der Waals surface area (Å²) in [5.74, 6) is 1.67. The molecule has 0 radical (unpaired) electrons. The summed E-state index contributed by atoms with van der Waals surface area (Å²) in [6.45, 7) is 7.29. The standard InChI is InChI=1S/C13H21NO2/c1-4-12(14)11-8-7-10(15-5-2)9-13(11)16-6-3/h7-9,12H,4-6,14H2,1-3H3. The van der Waals surface area contributed by atoms with Crippen molar-refractivity contribution in [3.05, 3.63) is 23.8 Å². The highest BCUT2D eigenvalue weighted by molar-refractivity contribution is 5.42. The molecule has 0 aliphatic carbocycles. The molecule has 1 unspecified atom stereocenters. The Morgan fingerprint density at radius 1 is 1.12 bits per heavy atom. The van der Waals surface area contributed by atoms with Crippen LogP contribution in [0.2, 0.25) is 0 Å². The average Bonchev–Trinajstić information content (AvgIpc) is 2.29. The molecule has 0 aromatic heterocycles. The summed E-state index contributed by atoms with van der Waals surface area (Å²) in [7, 11) is 0. The molecule has 2 N–H and O–H groups in total. The highest BCUT2D eigenvalue weighted by Gasteiger charge is 2.11. The van der Waals surface area contributed by atoms with Gasteiger partial charge in [-0.05, 0) is 26.3 Å². The topological polar surface area (TPSA) is 44.5 Å². The Bertz CT molecular complexity index is 326. The van der Waals surface area contributed by atoms with E-state index in [0.717, 1.165) is 23.5 Å². The van der Waals surface area contributed by atoms with Crippen molar-refractivity contribution in [2.75, 3.05) is 13.2 Å². The van der Waals surface area contributed by atoms with Gasteiger partial charge in [0.2, 0.25) is 0 Å². The lowest BCUT2D eigenvalue weighted by Crippen LogP contribution is -2.11.